The number of hydrogen-bond donors (Lipinski definition) is 2. The number of sulfonamides is 1. The van der Waals surface area contributed by atoms with Crippen molar-refractivity contribution in [3.8, 4) is 0 Å². The van der Waals surface area contributed by atoms with Crippen molar-refractivity contribution in [2.45, 2.75) is 36.7 Å². The first-order valence-corrected chi connectivity index (χ1v) is 7.58. The maximum absolute atomic E-state index is 13.5. The minimum absolute atomic E-state index is 0.193. The van der Waals surface area contributed by atoms with Crippen LogP contribution in [-0.2, 0) is 10.0 Å². The molecular weight excluding hydrogens is 274 g/mol. The zero-order valence-electron chi connectivity index (χ0n) is 10.5. The smallest absolute Gasteiger partial charge is 0.243 e. The van der Waals surface area contributed by atoms with Crippen LogP contribution in [0.5, 0.6) is 0 Å². The molecule has 2 atom stereocenters. The van der Waals surface area contributed by atoms with E-state index in [1.165, 1.54) is 6.07 Å². The SMILES string of the molecule is CC1CC(NS(=O)(=O)c2cccc(F)c2F)CCN1. The van der Waals surface area contributed by atoms with E-state index in [0.29, 0.717) is 19.4 Å². The standard InChI is InChI=1S/C12H16F2N2O2S/c1-8-7-9(5-6-15-8)16-19(17,18)11-4-2-3-10(13)12(11)14/h2-4,8-9,15-16H,5-7H2,1H3. The summed E-state index contributed by atoms with van der Waals surface area (Å²) in [5.74, 6) is -2.50. The first-order valence-electron chi connectivity index (χ1n) is 6.10. The molecule has 19 heavy (non-hydrogen) atoms. The maximum Gasteiger partial charge on any atom is 0.243 e. The van der Waals surface area contributed by atoms with E-state index < -0.39 is 26.6 Å². The summed E-state index contributed by atoms with van der Waals surface area (Å²) in [6, 6.07) is 3.06. The van der Waals surface area contributed by atoms with Crippen molar-refractivity contribution in [1.82, 2.24) is 10.0 Å². The summed E-state index contributed by atoms with van der Waals surface area (Å²) in [6.07, 6.45) is 1.25. The monoisotopic (exact) mass is 290 g/mol. The van der Waals surface area contributed by atoms with E-state index in [-0.39, 0.29) is 12.1 Å². The molecule has 0 spiro atoms. The molecule has 4 nitrogen and oxygen atoms in total. The van der Waals surface area contributed by atoms with Crippen LogP contribution < -0.4 is 10.0 Å². The van der Waals surface area contributed by atoms with Gasteiger partial charge < -0.3 is 5.32 Å². The van der Waals surface area contributed by atoms with Gasteiger partial charge >= 0.3 is 0 Å². The number of rotatable bonds is 3. The second-order valence-electron chi connectivity index (χ2n) is 4.75. The lowest BCUT2D eigenvalue weighted by Gasteiger charge is -2.28. The quantitative estimate of drug-likeness (QED) is 0.884. The van der Waals surface area contributed by atoms with Gasteiger partial charge in [-0.2, -0.15) is 0 Å². The second-order valence-corrected chi connectivity index (χ2v) is 6.43. The number of nitrogens with one attached hydrogen (secondary N) is 2. The number of hydrogen-bond acceptors (Lipinski definition) is 3. The van der Waals surface area contributed by atoms with E-state index in [4.69, 9.17) is 0 Å². The molecule has 106 valence electrons. The summed E-state index contributed by atoms with van der Waals surface area (Å²) >= 11 is 0. The first-order chi connectivity index (χ1) is 8.90. The Morgan fingerprint density at radius 2 is 2.11 bits per heavy atom. The third-order valence-corrected chi connectivity index (χ3v) is 4.69. The molecule has 0 saturated carbocycles. The highest BCUT2D eigenvalue weighted by molar-refractivity contribution is 7.89. The van der Waals surface area contributed by atoms with Gasteiger partial charge in [0.15, 0.2) is 11.6 Å². The minimum atomic E-state index is -4.03. The van der Waals surface area contributed by atoms with Gasteiger partial charge in [0.2, 0.25) is 10.0 Å². The van der Waals surface area contributed by atoms with Gasteiger partial charge in [-0.15, -0.1) is 0 Å². The predicted molar refractivity (Wildman–Crippen MR) is 67.2 cm³/mol. The van der Waals surface area contributed by atoms with Crippen molar-refractivity contribution in [1.29, 1.82) is 0 Å². The molecule has 0 aliphatic carbocycles. The van der Waals surface area contributed by atoms with Crippen molar-refractivity contribution in [3.63, 3.8) is 0 Å². The van der Waals surface area contributed by atoms with E-state index in [0.717, 1.165) is 12.1 Å². The Morgan fingerprint density at radius 1 is 1.37 bits per heavy atom. The zero-order valence-corrected chi connectivity index (χ0v) is 11.3. The highest BCUT2D eigenvalue weighted by atomic mass is 32.2. The molecule has 1 heterocycles. The molecule has 1 aliphatic heterocycles. The molecule has 1 aromatic rings. The summed E-state index contributed by atoms with van der Waals surface area (Å²) in [7, 11) is -4.03. The Balaban J connectivity index is 2.20. The minimum Gasteiger partial charge on any atom is -0.314 e. The van der Waals surface area contributed by atoms with Crippen molar-refractivity contribution in [2.75, 3.05) is 6.54 Å². The molecule has 1 fully saturated rings. The summed E-state index contributed by atoms with van der Waals surface area (Å²) in [5, 5.41) is 3.19. The largest absolute Gasteiger partial charge is 0.314 e. The van der Waals surface area contributed by atoms with E-state index in [2.05, 4.69) is 10.0 Å². The Kier molecular flexibility index (Phi) is 4.17. The van der Waals surface area contributed by atoms with E-state index in [9.17, 15) is 17.2 Å². The molecule has 2 rings (SSSR count). The first kappa shape index (κ1) is 14.4. The molecule has 0 aromatic heterocycles. The molecule has 2 unspecified atom stereocenters. The topological polar surface area (TPSA) is 58.2 Å². The Morgan fingerprint density at radius 3 is 2.79 bits per heavy atom. The maximum atomic E-state index is 13.5. The van der Waals surface area contributed by atoms with Crippen molar-refractivity contribution < 1.29 is 17.2 Å². The van der Waals surface area contributed by atoms with Crippen LogP contribution in [-0.4, -0.2) is 27.0 Å². The Labute approximate surface area is 111 Å². The Hall–Kier alpha value is -1.05. The summed E-state index contributed by atoms with van der Waals surface area (Å²) in [5.41, 5.74) is 0. The third-order valence-electron chi connectivity index (χ3n) is 3.15. The van der Waals surface area contributed by atoms with Crippen LogP contribution in [0.2, 0.25) is 0 Å². The highest BCUT2D eigenvalue weighted by Crippen LogP contribution is 2.19. The van der Waals surface area contributed by atoms with Gasteiger partial charge in [-0.05, 0) is 38.4 Å². The Bertz CT molecular complexity index is 563. The normalized spacial score (nSPS) is 24.4. The molecule has 2 N–H and O–H groups in total. The van der Waals surface area contributed by atoms with E-state index in [1.807, 2.05) is 6.92 Å². The van der Waals surface area contributed by atoms with Crippen LogP contribution in [0.1, 0.15) is 19.8 Å². The van der Waals surface area contributed by atoms with Crippen molar-refractivity contribution in [3.05, 3.63) is 29.8 Å². The van der Waals surface area contributed by atoms with Gasteiger partial charge in [0, 0.05) is 12.1 Å². The fourth-order valence-corrected chi connectivity index (χ4v) is 3.58. The molecular formula is C12H16F2N2O2S. The number of piperidine rings is 1. The molecule has 7 heteroatoms. The van der Waals surface area contributed by atoms with Gasteiger partial charge in [-0.1, -0.05) is 6.07 Å². The molecule has 1 saturated heterocycles. The van der Waals surface area contributed by atoms with Gasteiger partial charge in [-0.3, -0.25) is 0 Å². The number of halogens is 2. The van der Waals surface area contributed by atoms with Crippen LogP contribution in [0.15, 0.2) is 23.1 Å². The van der Waals surface area contributed by atoms with Crippen LogP contribution in [0.3, 0.4) is 0 Å². The lowest BCUT2D eigenvalue weighted by molar-refractivity contribution is 0.361. The molecule has 0 amide bonds. The zero-order chi connectivity index (χ0) is 14.0. The fourth-order valence-electron chi connectivity index (χ4n) is 2.21. The van der Waals surface area contributed by atoms with Crippen LogP contribution >= 0.6 is 0 Å². The summed E-state index contributed by atoms with van der Waals surface area (Å²) < 4.78 is 53.1. The fraction of sp³-hybridized carbons (Fsp3) is 0.500. The highest BCUT2D eigenvalue weighted by Gasteiger charge is 2.27. The molecule has 0 bridgehead atoms. The average molecular weight is 290 g/mol. The predicted octanol–water partition coefficient (Wildman–Crippen LogP) is 1.38. The molecule has 1 aromatic carbocycles. The van der Waals surface area contributed by atoms with Crippen LogP contribution in [0.25, 0.3) is 0 Å². The third kappa shape index (κ3) is 3.29. The van der Waals surface area contributed by atoms with E-state index in [1.54, 1.807) is 0 Å². The summed E-state index contributed by atoms with van der Waals surface area (Å²) in [6.45, 7) is 2.64. The van der Waals surface area contributed by atoms with Crippen molar-refractivity contribution >= 4 is 10.0 Å². The van der Waals surface area contributed by atoms with Gasteiger partial charge in [0.1, 0.15) is 4.90 Å². The lowest BCUT2D eigenvalue weighted by Crippen LogP contribution is -2.46. The molecule has 0 radical (unpaired) electrons. The number of benzene rings is 1. The van der Waals surface area contributed by atoms with Crippen LogP contribution in [0.4, 0.5) is 8.78 Å². The molecule has 1 aliphatic rings. The van der Waals surface area contributed by atoms with Gasteiger partial charge in [0.25, 0.3) is 0 Å². The van der Waals surface area contributed by atoms with Gasteiger partial charge in [-0.25, -0.2) is 21.9 Å². The summed E-state index contributed by atoms with van der Waals surface area (Å²) in [4.78, 5) is -0.640. The average Bonchev–Trinajstić information content (AvgIpc) is 2.32. The van der Waals surface area contributed by atoms with Crippen LogP contribution in [0, 0.1) is 11.6 Å². The second kappa shape index (κ2) is 5.52. The van der Waals surface area contributed by atoms with E-state index >= 15 is 0 Å². The lowest BCUT2D eigenvalue weighted by atomic mass is 10.0. The van der Waals surface area contributed by atoms with Gasteiger partial charge in [0.05, 0.1) is 0 Å². The van der Waals surface area contributed by atoms with Crippen molar-refractivity contribution in [2.24, 2.45) is 0 Å².